The molecule has 1 N–H and O–H groups in total. The molecule has 1 unspecified atom stereocenters. The molecule has 138 valence electrons. The van der Waals surface area contributed by atoms with Gasteiger partial charge in [0.25, 0.3) is 5.91 Å². The van der Waals surface area contributed by atoms with Crippen LogP contribution in [0.25, 0.3) is 11.1 Å². The maximum absolute atomic E-state index is 12.7. The van der Waals surface area contributed by atoms with Crippen LogP contribution < -0.4 is 5.32 Å². The quantitative estimate of drug-likeness (QED) is 0.778. The highest BCUT2D eigenvalue weighted by Crippen LogP contribution is 2.21. The van der Waals surface area contributed by atoms with Gasteiger partial charge in [0.1, 0.15) is 0 Å². The number of benzene rings is 2. The van der Waals surface area contributed by atoms with Crippen molar-refractivity contribution in [3.8, 4) is 11.1 Å². The number of hydrogen-bond donors (Lipinski definition) is 1. The third-order valence-corrected chi connectivity index (χ3v) is 5.05. The van der Waals surface area contributed by atoms with Crippen LogP contribution in [0.2, 0.25) is 0 Å². The average Bonchev–Trinajstić information content (AvgIpc) is 3.17. The fraction of sp³-hybridized carbons (Fsp3) is 0.273. The van der Waals surface area contributed by atoms with Crippen molar-refractivity contribution in [1.82, 2.24) is 20.0 Å². The van der Waals surface area contributed by atoms with E-state index in [9.17, 15) is 4.79 Å². The zero-order valence-corrected chi connectivity index (χ0v) is 15.5. The van der Waals surface area contributed by atoms with Gasteiger partial charge in [-0.1, -0.05) is 42.5 Å². The van der Waals surface area contributed by atoms with Gasteiger partial charge in [-0.3, -0.25) is 9.48 Å². The molecule has 0 aliphatic carbocycles. The molecule has 1 aliphatic heterocycles. The highest BCUT2D eigenvalue weighted by molar-refractivity contribution is 5.95. The summed E-state index contributed by atoms with van der Waals surface area (Å²) in [5.41, 5.74) is 4.09. The van der Waals surface area contributed by atoms with E-state index < -0.39 is 0 Å². The molecule has 1 aromatic heterocycles. The Morgan fingerprint density at radius 1 is 1.11 bits per heavy atom. The largest absolute Gasteiger partial charge is 0.333 e. The molecular formula is C22H24N4O. The molecule has 0 radical (unpaired) electrons. The van der Waals surface area contributed by atoms with Gasteiger partial charge in [0.15, 0.2) is 0 Å². The van der Waals surface area contributed by atoms with Gasteiger partial charge < -0.3 is 10.2 Å². The number of amides is 1. The number of nitrogens with zero attached hydrogens (tertiary/aromatic N) is 3. The first kappa shape index (κ1) is 17.5. The lowest BCUT2D eigenvalue weighted by atomic mass is 10.1. The molecule has 4 rings (SSSR count). The fourth-order valence-electron chi connectivity index (χ4n) is 3.48. The molecule has 5 nitrogen and oxygen atoms in total. The van der Waals surface area contributed by atoms with Crippen LogP contribution in [-0.4, -0.2) is 46.3 Å². The fourth-order valence-corrected chi connectivity index (χ4v) is 3.48. The summed E-state index contributed by atoms with van der Waals surface area (Å²) in [6, 6.07) is 18.3. The molecule has 1 atom stereocenters. The van der Waals surface area contributed by atoms with Gasteiger partial charge in [0, 0.05) is 43.0 Å². The van der Waals surface area contributed by atoms with E-state index in [-0.39, 0.29) is 11.9 Å². The molecule has 2 heterocycles. The lowest BCUT2D eigenvalue weighted by Crippen LogP contribution is -2.52. The van der Waals surface area contributed by atoms with Crippen molar-refractivity contribution in [3.63, 3.8) is 0 Å². The van der Waals surface area contributed by atoms with E-state index in [1.165, 1.54) is 5.56 Å². The highest BCUT2D eigenvalue weighted by atomic mass is 16.2. The molecule has 2 aromatic carbocycles. The monoisotopic (exact) mass is 360 g/mol. The first-order valence-corrected chi connectivity index (χ1v) is 9.39. The van der Waals surface area contributed by atoms with Gasteiger partial charge in [-0.05, 0) is 30.2 Å². The van der Waals surface area contributed by atoms with Gasteiger partial charge in [0.05, 0.1) is 12.7 Å². The standard InChI is InChI=1S/C22H24N4O/c1-17-13-23-11-12-26(17)22(27)20-9-7-19(8-10-20)21-14-24-25(16-21)15-18-5-3-2-4-6-18/h2-10,14,16-17,23H,11-13,15H2,1H3. The number of hydrogen-bond acceptors (Lipinski definition) is 3. The third-order valence-electron chi connectivity index (χ3n) is 5.05. The minimum atomic E-state index is 0.107. The lowest BCUT2D eigenvalue weighted by Gasteiger charge is -2.34. The van der Waals surface area contributed by atoms with Gasteiger partial charge in [0.2, 0.25) is 0 Å². The number of aromatic nitrogens is 2. The molecular weight excluding hydrogens is 336 g/mol. The molecule has 0 spiro atoms. The van der Waals surface area contributed by atoms with Gasteiger partial charge in [-0.2, -0.15) is 5.10 Å². The predicted octanol–water partition coefficient (Wildman–Crippen LogP) is 3.03. The van der Waals surface area contributed by atoms with Crippen LogP contribution in [0, 0.1) is 0 Å². The molecule has 1 aliphatic rings. The molecule has 0 bridgehead atoms. The Balaban J connectivity index is 1.47. The first-order valence-electron chi connectivity index (χ1n) is 9.39. The van der Waals surface area contributed by atoms with Crippen LogP contribution in [0.4, 0.5) is 0 Å². The predicted molar refractivity (Wildman–Crippen MR) is 107 cm³/mol. The molecule has 5 heteroatoms. The van der Waals surface area contributed by atoms with Crippen molar-refractivity contribution in [1.29, 1.82) is 0 Å². The van der Waals surface area contributed by atoms with E-state index in [0.29, 0.717) is 0 Å². The molecule has 27 heavy (non-hydrogen) atoms. The lowest BCUT2D eigenvalue weighted by molar-refractivity contribution is 0.0656. The van der Waals surface area contributed by atoms with Crippen LogP contribution >= 0.6 is 0 Å². The Kier molecular flexibility index (Phi) is 5.03. The van der Waals surface area contributed by atoms with Crippen molar-refractivity contribution in [2.75, 3.05) is 19.6 Å². The summed E-state index contributed by atoms with van der Waals surface area (Å²) in [5, 5.41) is 7.78. The zero-order valence-electron chi connectivity index (χ0n) is 15.5. The van der Waals surface area contributed by atoms with Crippen LogP contribution in [0.1, 0.15) is 22.8 Å². The zero-order chi connectivity index (χ0) is 18.6. The SMILES string of the molecule is CC1CNCCN1C(=O)c1ccc(-c2cnn(Cc3ccccc3)c2)cc1. The Bertz CT molecular complexity index is 902. The Labute approximate surface area is 159 Å². The third kappa shape index (κ3) is 3.93. The summed E-state index contributed by atoms with van der Waals surface area (Å²) in [7, 11) is 0. The Morgan fingerprint density at radius 3 is 2.63 bits per heavy atom. The number of carbonyl (C=O) groups excluding carboxylic acids is 1. The Morgan fingerprint density at radius 2 is 1.89 bits per heavy atom. The second kappa shape index (κ2) is 7.76. The van der Waals surface area contributed by atoms with Crippen LogP contribution in [-0.2, 0) is 6.54 Å². The Hall–Kier alpha value is -2.92. The summed E-state index contributed by atoms with van der Waals surface area (Å²) in [5.74, 6) is 0.107. The van der Waals surface area contributed by atoms with Crippen molar-refractivity contribution < 1.29 is 4.79 Å². The van der Waals surface area contributed by atoms with E-state index >= 15 is 0 Å². The number of nitrogens with one attached hydrogen (secondary N) is 1. The number of carbonyl (C=O) groups is 1. The normalized spacial score (nSPS) is 17.1. The second-order valence-corrected chi connectivity index (χ2v) is 7.04. The first-order chi connectivity index (χ1) is 13.2. The summed E-state index contributed by atoms with van der Waals surface area (Å²) < 4.78 is 1.94. The van der Waals surface area contributed by atoms with Crippen LogP contribution in [0.5, 0.6) is 0 Å². The van der Waals surface area contributed by atoms with Gasteiger partial charge >= 0.3 is 0 Å². The van der Waals surface area contributed by atoms with Gasteiger partial charge in [-0.25, -0.2) is 0 Å². The van der Waals surface area contributed by atoms with Crippen LogP contribution in [0.15, 0.2) is 67.0 Å². The second-order valence-electron chi connectivity index (χ2n) is 7.04. The minimum Gasteiger partial charge on any atom is -0.333 e. The minimum absolute atomic E-state index is 0.107. The highest BCUT2D eigenvalue weighted by Gasteiger charge is 2.23. The van der Waals surface area contributed by atoms with Crippen molar-refractivity contribution >= 4 is 5.91 Å². The van der Waals surface area contributed by atoms with E-state index in [2.05, 4.69) is 29.5 Å². The van der Waals surface area contributed by atoms with E-state index in [1.807, 2.05) is 64.4 Å². The topological polar surface area (TPSA) is 50.2 Å². The van der Waals surface area contributed by atoms with E-state index in [1.54, 1.807) is 0 Å². The van der Waals surface area contributed by atoms with Gasteiger partial charge in [-0.15, -0.1) is 0 Å². The van der Waals surface area contributed by atoms with Crippen LogP contribution in [0.3, 0.4) is 0 Å². The molecule has 0 saturated carbocycles. The number of rotatable bonds is 4. The molecule has 1 saturated heterocycles. The van der Waals surface area contributed by atoms with Crippen molar-refractivity contribution in [2.45, 2.75) is 19.5 Å². The number of piperazine rings is 1. The maximum atomic E-state index is 12.7. The smallest absolute Gasteiger partial charge is 0.254 e. The van der Waals surface area contributed by atoms with Crippen molar-refractivity contribution in [3.05, 3.63) is 78.1 Å². The van der Waals surface area contributed by atoms with Crippen molar-refractivity contribution in [2.24, 2.45) is 0 Å². The average molecular weight is 360 g/mol. The summed E-state index contributed by atoms with van der Waals surface area (Å²) in [4.78, 5) is 14.7. The summed E-state index contributed by atoms with van der Waals surface area (Å²) in [6.45, 7) is 5.30. The maximum Gasteiger partial charge on any atom is 0.254 e. The van der Waals surface area contributed by atoms with E-state index in [0.717, 1.165) is 42.9 Å². The molecule has 3 aromatic rings. The summed E-state index contributed by atoms with van der Waals surface area (Å²) >= 11 is 0. The summed E-state index contributed by atoms with van der Waals surface area (Å²) in [6.07, 6.45) is 3.92. The molecule has 1 fully saturated rings. The van der Waals surface area contributed by atoms with E-state index in [4.69, 9.17) is 0 Å². The molecule has 1 amide bonds.